The van der Waals surface area contributed by atoms with E-state index in [0.717, 1.165) is 77.0 Å². The summed E-state index contributed by atoms with van der Waals surface area (Å²) >= 11 is 0. The van der Waals surface area contributed by atoms with Crippen LogP contribution in [0.2, 0.25) is 0 Å². The minimum Gasteiger partial charge on any atom is -0.480 e. The van der Waals surface area contributed by atoms with Crippen molar-refractivity contribution in [1.29, 1.82) is 0 Å². The van der Waals surface area contributed by atoms with Crippen LogP contribution in [0, 0.1) is 0 Å². The van der Waals surface area contributed by atoms with E-state index in [0.29, 0.717) is 12.8 Å². The third-order valence-electron chi connectivity index (χ3n) is 7.63. The number of aliphatic carboxylic acids is 1. The van der Waals surface area contributed by atoms with Crippen LogP contribution in [0.15, 0.2) is 24.3 Å². The van der Waals surface area contributed by atoms with Gasteiger partial charge in [0.15, 0.2) is 0 Å². The van der Waals surface area contributed by atoms with E-state index in [1.807, 2.05) is 0 Å². The quantitative estimate of drug-likeness (QED) is 0.0475. The maximum atomic E-state index is 12.6. The van der Waals surface area contributed by atoms with E-state index in [2.05, 4.69) is 43.5 Å². The average molecular weight is 592 g/mol. The molecule has 1 unspecified atom stereocenters. The molecular formula is C36H65NO5. The van der Waals surface area contributed by atoms with E-state index in [1.54, 1.807) is 0 Å². The Labute approximate surface area is 258 Å². The predicted octanol–water partition coefficient (Wildman–Crippen LogP) is 10.0. The zero-order valence-corrected chi connectivity index (χ0v) is 27.4. The molecule has 0 heterocycles. The summed E-state index contributed by atoms with van der Waals surface area (Å²) in [6.45, 7) is 4.15. The van der Waals surface area contributed by atoms with E-state index < -0.39 is 5.97 Å². The van der Waals surface area contributed by atoms with Crippen molar-refractivity contribution in [3.05, 3.63) is 24.3 Å². The number of amides is 1. The lowest BCUT2D eigenvalue weighted by Crippen LogP contribution is -2.28. The Morgan fingerprint density at radius 1 is 0.619 bits per heavy atom. The summed E-state index contributed by atoms with van der Waals surface area (Å²) in [5, 5.41) is 11.0. The fraction of sp³-hybridized carbons (Fsp3) is 0.806. The number of hydrogen-bond acceptors (Lipinski definition) is 4. The highest BCUT2D eigenvalue weighted by atomic mass is 16.5. The monoisotopic (exact) mass is 591 g/mol. The summed E-state index contributed by atoms with van der Waals surface area (Å²) < 4.78 is 5.94. The van der Waals surface area contributed by atoms with E-state index in [9.17, 15) is 14.4 Å². The molecule has 0 fully saturated rings. The molecule has 0 bridgehead atoms. The van der Waals surface area contributed by atoms with Gasteiger partial charge in [-0.25, -0.2) is 0 Å². The summed E-state index contributed by atoms with van der Waals surface area (Å²) in [7, 11) is 0. The Balaban J connectivity index is 4.06. The SMILES string of the molecule is CCCC/C=C\C/C=C\CCCCCCCC(=O)OC(CCCCCCCC)CCCCCCCC(=O)NCC(=O)O. The number of ether oxygens (including phenoxy) is 1. The number of carbonyl (C=O) groups is 3. The number of allylic oxidation sites excluding steroid dienone is 4. The molecular weight excluding hydrogens is 526 g/mol. The molecule has 0 radical (unpaired) electrons. The zero-order chi connectivity index (χ0) is 30.9. The summed E-state index contributed by atoms with van der Waals surface area (Å²) in [5.41, 5.74) is 0. The summed E-state index contributed by atoms with van der Waals surface area (Å²) in [5.74, 6) is -1.25. The molecule has 0 aliphatic rings. The largest absolute Gasteiger partial charge is 0.480 e. The van der Waals surface area contributed by atoms with Gasteiger partial charge in [-0.05, 0) is 64.2 Å². The maximum absolute atomic E-state index is 12.6. The lowest BCUT2D eigenvalue weighted by molar-refractivity contribution is -0.150. The number of hydrogen-bond donors (Lipinski definition) is 2. The fourth-order valence-electron chi connectivity index (χ4n) is 5.00. The molecule has 0 spiro atoms. The van der Waals surface area contributed by atoms with Gasteiger partial charge in [0.25, 0.3) is 0 Å². The zero-order valence-electron chi connectivity index (χ0n) is 27.4. The van der Waals surface area contributed by atoms with Crippen LogP contribution >= 0.6 is 0 Å². The normalized spacial score (nSPS) is 12.2. The van der Waals surface area contributed by atoms with E-state index >= 15 is 0 Å². The number of carboxylic acid groups (broad SMARTS) is 1. The van der Waals surface area contributed by atoms with Gasteiger partial charge in [0, 0.05) is 12.8 Å². The third kappa shape index (κ3) is 30.8. The van der Waals surface area contributed by atoms with Crippen LogP contribution in [0.5, 0.6) is 0 Å². The highest BCUT2D eigenvalue weighted by Crippen LogP contribution is 2.18. The summed E-state index contributed by atoms with van der Waals surface area (Å²) in [4.78, 5) is 34.7. The average Bonchev–Trinajstić information content (AvgIpc) is 2.97. The maximum Gasteiger partial charge on any atom is 0.322 e. The Morgan fingerprint density at radius 3 is 1.71 bits per heavy atom. The second-order valence-electron chi connectivity index (χ2n) is 11.8. The van der Waals surface area contributed by atoms with Gasteiger partial charge in [0.1, 0.15) is 12.6 Å². The van der Waals surface area contributed by atoms with E-state index in [1.165, 1.54) is 70.6 Å². The number of carboxylic acids is 1. The van der Waals surface area contributed by atoms with Gasteiger partial charge in [0.05, 0.1) is 0 Å². The number of rotatable bonds is 31. The number of carbonyl (C=O) groups excluding carboxylic acids is 2. The minimum absolute atomic E-state index is 0.0266. The lowest BCUT2D eigenvalue weighted by atomic mass is 10.0. The molecule has 1 atom stereocenters. The van der Waals surface area contributed by atoms with Gasteiger partial charge in [-0.15, -0.1) is 0 Å². The van der Waals surface area contributed by atoms with Crippen molar-refractivity contribution in [2.24, 2.45) is 0 Å². The number of unbranched alkanes of at least 4 members (excludes halogenated alkanes) is 16. The first-order valence-electron chi connectivity index (χ1n) is 17.5. The first-order chi connectivity index (χ1) is 20.5. The molecule has 0 aliphatic heterocycles. The van der Waals surface area contributed by atoms with Gasteiger partial charge in [-0.3, -0.25) is 14.4 Å². The van der Waals surface area contributed by atoms with Crippen molar-refractivity contribution >= 4 is 17.8 Å². The molecule has 0 aromatic heterocycles. The van der Waals surface area contributed by atoms with Crippen LogP contribution in [0.3, 0.4) is 0 Å². The highest BCUT2D eigenvalue weighted by Gasteiger charge is 2.14. The van der Waals surface area contributed by atoms with Gasteiger partial charge < -0.3 is 15.2 Å². The lowest BCUT2D eigenvalue weighted by Gasteiger charge is -2.18. The van der Waals surface area contributed by atoms with Gasteiger partial charge in [-0.1, -0.05) is 122 Å². The topological polar surface area (TPSA) is 92.7 Å². The smallest absolute Gasteiger partial charge is 0.322 e. The number of esters is 1. The van der Waals surface area contributed by atoms with Crippen molar-refractivity contribution in [3.8, 4) is 0 Å². The van der Waals surface area contributed by atoms with Crippen LogP contribution in [0.1, 0.15) is 174 Å². The van der Waals surface area contributed by atoms with Gasteiger partial charge in [-0.2, -0.15) is 0 Å². The second kappa shape index (κ2) is 31.8. The second-order valence-corrected chi connectivity index (χ2v) is 11.8. The summed E-state index contributed by atoms with van der Waals surface area (Å²) in [6, 6.07) is 0. The van der Waals surface area contributed by atoms with Crippen molar-refractivity contribution in [3.63, 3.8) is 0 Å². The molecule has 42 heavy (non-hydrogen) atoms. The predicted molar refractivity (Wildman–Crippen MR) is 176 cm³/mol. The van der Waals surface area contributed by atoms with Crippen LogP contribution in [-0.2, 0) is 19.1 Å². The van der Waals surface area contributed by atoms with Crippen LogP contribution in [-0.4, -0.2) is 35.6 Å². The standard InChI is InChI=1S/C36H65NO5/c1-3-5-7-9-11-12-13-14-15-16-17-18-23-27-31-36(41)42-33(28-24-20-10-8-6-4-2)29-25-21-19-22-26-30-34(38)37-32-35(39)40/h9,11,13-14,33H,3-8,10,12,15-32H2,1-2H3,(H,37,38)(H,39,40)/b11-9-,14-13-. The number of nitrogens with one attached hydrogen (secondary N) is 1. The van der Waals surface area contributed by atoms with Crippen molar-refractivity contribution in [1.82, 2.24) is 5.32 Å². The van der Waals surface area contributed by atoms with Crippen molar-refractivity contribution < 1.29 is 24.2 Å². The van der Waals surface area contributed by atoms with E-state index in [-0.39, 0.29) is 24.5 Å². The molecule has 0 saturated carbocycles. The van der Waals surface area contributed by atoms with Crippen LogP contribution in [0.25, 0.3) is 0 Å². The van der Waals surface area contributed by atoms with Crippen molar-refractivity contribution in [2.75, 3.05) is 6.54 Å². The summed E-state index contributed by atoms with van der Waals surface area (Å²) in [6.07, 6.45) is 35.8. The molecule has 244 valence electrons. The van der Waals surface area contributed by atoms with Crippen LogP contribution < -0.4 is 5.32 Å². The Morgan fingerprint density at radius 2 is 1.12 bits per heavy atom. The van der Waals surface area contributed by atoms with Crippen molar-refractivity contribution in [2.45, 2.75) is 180 Å². The van der Waals surface area contributed by atoms with Crippen LogP contribution in [0.4, 0.5) is 0 Å². The molecule has 0 saturated heterocycles. The molecule has 0 aromatic rings. The molecule has 0 aliphatic carbocycles. The van der Waals surface area contributed by atoms with Gasteiger partial charge >= 0.3 is 11.9 Å². The molecule has 1 amide bonds. The molecule has 0 aromatic carbocycles. The fourth-order valence-corrected chi connectivity index (χ4v) is 5.00. The highest BCUT2D eigenvalue weighted by molar-refractivity contribution is 5.80. The van der Waals surface area contributed by atoms with E-state index in [4.69, 9.17) is 9.84 Å². The Hall–Kier alpha value is -2.11. The third-order valence-corrected chi connectivity index (χ3v) is 7.63. The molecule has 0 rings (SSSR count). The Bertz CT molecular complexity index is 703. The molecule has 2 N–H and O–H groups in total. The first kappa shape index (κ1) is 39.9. The Kier molecular flexibility index (Phi) is 30.2. The molecule has 6 heteroatoms. The molecule has 6 nitrogen and oxygen atoms in total. The van der Waals surface area contributed by atoms with Gasteiger partial charge in [0.2, 0.25) is 5.91 Å². The first-order valence-corrected chi connectivity index (χ1v) is 17.5. The minimum atomic E-state index is -1.02.